The molecule has 0 saturated heterocycles. The van der Waals surface area contributed by atoms with Gasteiger partial charge in [0.2, 0.25) is 0 Å². The van der Waals surface area contributed by atoms with E-state index in [9.17, 15) is 0 Å². The molecule has 0 aliphatic carbocycles. The van der Waals surface area contributed by atoms with E-state index in [1.54, 1.807) is 13.8 Å². The van der Waals surface area contributed by atoms with Gasteiger partial charge >= 0.3 is 0 Å². The summed E-state index contributed by atoms with van der Waals surface area (Å²) in [5.41, 5.74) is 8.09. The molecule has 0 amide bonds. The van der Waals surface area contributed by atoms with E-state index in [0.717, 1.165) is 33.8 Å². The average molecular weight is 632 g/mol. The van der Waals surface area contributed by atoms with Crippen molar-refractivity contribution in [2.45, 2.75) is 46.3 Å². The van der Waals surface area contributed by atoms with Crippen LogP contribution in [0.25, 0.3) is 33.8 Å². The van der Waals surface area contributed by atoms with Gasteiger partial charge in [-0.05, 0) is 32.8 Å². The fourth-order valence-electron chi connectivity index (χ4n) is 3.39. The van der Waals surface area contributed by atoms with Crippen LogP contribution in [0.3, 0.4) is 0 Å². The van der Waals surface area contributed by atoms with Crippen molar-refractivity contribution in [3.8, 4) is 33.8 Å². The van der Waals surface area contributed by atoms with Gasteiger partial charge in [0.15, 0.2) is 0 Å². The maximum atomic E-state index is 8.56. The van der Waals surface area contributed by atoms with E-state index in [1.165, 1.54) is 11.1 Å². The van der Waals surface area contributed by atoms with E-state index in [-0.39, 0.29) is 32.3 Å². The van der Waals surface area contributed by atoms with Crippen LogP contribution >= 0.6 is 0 Å². The Bertz CT molecular complexity index is 1140. The summed E-state index contributed by atoms with van der Waals surface area (Å²) in [4.78, 5) is 9.72. The van der Waals surface area contributed by atoms with Crippen LogP contribution in [0.2, 0.25) is 0 Å². The minimum absolute atomic E-state index is 0. The van der Waals surface area contributed by atoms with Gasteiger partial charge in [-0.15, -0.1) is 35.4 Å². The molecule has 4 aromatic rings. The number of rotatable bonds is 5. The average Bonchev–Trinajstić information content (AvgIpc) is 2.80. The SMILES string of the molecule is CC(O)CC(C)O.Cc1c[c-]c(-c2ncc(-c3ccccc3)nc2-c2ccc(C)cc2)cc1.[Ir]. The maximum absolute atomic E-state index is 8.56. The number of aliphatic hydroxyl groups is 2. The van der Waals surface area contributed by atoms with Gasteiger partial charge in [0, 0.05) is 37.6 Å². The van der Waals surface area contributed by atoms with E-state index in [0.29, 0.717) is 6.42 Å². The molecule has 5 heteroatoms. The normalized spacial score (nSPS) is 12.1. The minimum atomic E-state index is -0.375. The molecule has 2 N–H and O–H groups in total. The van der Waals surface area contributed by atoms with Crippen LogP contribution in [-0.2, 0) is 20.1 Å². The third-order valence-corrected chi connectivity index (χ3v) is 5.07. The standard InChI is InChI=1S/C24H19N2.C5H12O2.Ir/c1-17-8-12-20(13-9-17)23-24(21-14-10-18(2)11-15-21)26-22(16-25-23)19-6-4-3-5-7-19;1-4(6)3-5(2)7;/h3-12,14-16H,1-2H3;4-7H,3H2,1-2H3;/q-1;;. The molecule has 0 saturated carbocycles. The molecule has 34 heavy (non-hydrogen) atoms. The summed E-state index contributed by atoms with van der Waals surface area (Å²) in [6, 6.07) is 28.0. The van der Waals surface area contributed by atoms with Crippen molar-refractivity contribution in [3.63, 3.8) is 0 Å². The van der Waals surface area contributed by atoms with Crippen molar-refractivity contribution < 1.29 is 30.3 Å². The van der Waals surface area contributed by atoms with Crippen molar-refractivity contribution in [1.29, 1.82) is 0 Å². The zero-order valence-corrected chi connectivity index (χ0v) is 22.4. The molecule has 4 nitrogen and oxygen atoms in total. The molecule has 2 unspecified atom stereocenters. The smallest absolute Gasteiger partial charge is 0.0873 e. The van der Waals surface area contributed by atoms with Gasteiger partial charge in [-0.3, -0.25) is 4.98 Å². The second-order valence-corrected chi connectivity index (χ2v) is 8.40. The number of aryl methyl sites for hydroxylation is 2. The summed E-state index contributed by atoms with van der Waals surface area (Å²) >= 11 is 0. The van der Waals surface area contributed by atoms with Crippen LogP contribution in [0.4, 0.5) is 0 Å². The van der Waals surface area contributed by atoms with Crippen LogP contribution in [0.15, 0.2) is 79.0 Å². The summed E-state index contributed by atoms with van der Waals surface area (Å²) in [6.45, 7) is 7.47. The minimum Gasteiger partial charge on any atom is -0.393 e. The fourth-order valence-corrected chi connectivity index (χ4v) is 3.39. The molecule has 0 aliphatic rings. The maximum Gasteiger partial charge on any atom is 0.0873 e. The largest absolute Gasteiger partial charge is 0.393 e. The first kappa shape index (κ1) is 27.6. The fraction of sp³-hybridized carbons (Fsp3) is 0.241. The molecule has 1 radical (unpaired) electrons. The number of benzene rings is 3. The monoisotopic (exact) mass is 632 g/mol. The molecule has 0 fully saturated rings. The number of aromatic nitrogens is 2. The predicted octanol–water partition coefficient (Wildman–Crippen LogP) is 6.03. The first-order valence-electron chi connectivity index (χ1n) is 11.2. The van der Waals surface area contributed by atoms with Gasteiger partial charge in [0.1, 0.15) is 0 Å². The van der Waals surface area contributed by atoms with Gasteiger partial charge in [-0.25, -0.2) is 0 Å². The molecule has 0 bridgehead atoms. The van der Waals surface area contributed by atoms with Crippen LogP contribution in [0.1, 0.15) is 31.4 Å². The van der Waals surface area contributed by atoms with E-state index < -0.39 is 0 Å². The Morgan fingerprint density at radius 3 is 1.91 bits per heavy atom. The van der Waals surface area contributed by atoms with E-state index >= 15 is 0 Å². The molecular weight excluding hydrogens is 601 g/mol. The molecule has 0 spiro atoms. The molecule has 2 atom stereocenters. The Labute approximate surface area is 216 Å². The zero-order valence-electron chi connectivity index (χ0n) is 20.0. The van der Waals surface area contributed by atoms with Gasteiger partial charge in [0.05, 0.1) is 23.6 Å². The zero-order chi connectivity index (χ0) is 23.8. The van der Waals surface area contributed by atoms with E-state index in [4.69, 9.17) is 20.2 Å². The molecule has 1 aromatic heterocycles. The second-order valence-electron chi connectivity index (χ2n) is 8.40. The summed E-state index contributed by atoms with van der Waals surface area (Å²) < 4.78 is 0. The second kappa shape index (κ2) is 13.3. The number of aliphatic hydroxyl groups excluding tert-OH is 2. The third-order valence-electron chi connectivity index (χ3n) is 5.07. The van der Waals surface area contributed by atoms with E-state index in [1.807, 2.05) is 30.5 Å². The quantitative estimate of drug-likeness (QED) is 0.264. The Morgan fingerprint density at radius 1 is 0.765 bits per heavy atom. The van der Waals surface area contributed by atoms with Crippen LogP contribution < -0.4 is 0 Å². The van der Waals surface area contributed by atoms with Crippen LogP contribution in [-0.4, -0.2) is 32.4 Å². The summed E-state index contributed by atoms with van der Waals surface area (Å²) in [6.07, 6.45) is 1.57. The van der Waals surface area contributed by atoms with Gasteiger partial charge in [0.25, 0.3) is 0 Å². The molecular formula is C29H31IrN2O2-. The number of hydrogen-bond donors (Lipinski definition) is 2. The van der Waals surface area contributed by atoms with Crippen LogP contribution in [0, 0.1) is 19.9 Å². The topological polar surface area (TPSA) is 66.2 Å². The van der Waals surface area contributed by atoms with Crippen molar-refractivity contribution in [2.75, 3.05) is 0 Å². The number of nitrogens with zero attached hydrogens (tertiary/aromatic N) is 2. The van der Waals surface area contributed by atoms with Gasteiger partial charge < -0.3 is 15.2 Å². The Kier molecular flexibility index (Phi) is 10.7. The summed E-state index contributed by atoms with van der Waals surface area (Å²) in [5, 5.41) is 17.1. The molecule has 1 heterocycles. The van der Waals surface area contributed by atoms with Crippen molar-refractivity contribution >= 4 is 0 Å². The summed E-state index contributed by atoms with van der Waals surface area (Å²) in [7, 11) is 0. The Morgan fingerprint density at radius 2 is 1.38 bits per heavy atom. The third kappa shape index (κ3) is 7.96. The molecule has 179 valence electrons. The Balaban J connectivity index is 0.000000449. The first-order chi connectivity index (χ1) is 15.8. The molecule has 3 aromatic carbocycles. The van der Waals surface area contributed by atoms with Crippen molar-refractivity contribution in [2.24, 2.45) is 0 Å². The number of hydrogen-bond acceptors (Lipinski definition) is 4. The molecule has 0 aliphatic heterocycles. The van der Waals surface area contributed by atoms with Gasteiger partial charge in [-0.1, -0.05) is 67.1 Å². The van der Waals surface area contributed by atoms with Gasteiger partial charge in [-0.2, -0.15) is 0 Å². The first-order valence-corrected chi connectivity index (χ1v) is 11.2. The van der Waals surface area contributed by atoms with E-state index in [2.05, 4.69) is 68.4 Å². The Hall–Kier alpha value is -2.69. The summed E-state index contributed by atoms with van der Waals surface area (Å²) in [5.74, 6) is 0. The van der Waals surface area contributed by atoms with Crippen LogP contribution in [0.5, 0.6) is 0 Å². The predicted molar refractivity (Wildman–Crippen MR) is 135 cm³/mol. The molecule has 4 rings (SSSR count). The van der Waals surface area contributed by atoms with Crippen molar-refractivity contribution in [1.82, 2.24) is 9.97 Å². The van der Waals surface area contributed by atoms with Crippen molar-refractivity contribution in [3.05, 3.63) is 96.2 Å².